The van der Waals surface area contributed by atoms with E-state index in [9.17, 15) is 4.79 Å². The molecule has 0 radical (unpaired) electrons. The Morgan fingerprint density at radius 1 is 0.969 bits per heavy atom. The van der Waals surface area contributed by atoms with Crippen molar-refractivity contribution >= 4 is 23.4 Å². The van der Waals surface area contributed by atoms with Gasteiger partial charge in [0.25, 0.3) is 0 Å². The SMILES string of the molecule is COc1ccccc1-c1nnc(SCC(=O)Nc2ccccc2C)n1-c1ccc(C)cc1. The maximum Gasteiger partial charge on any atom is 0.234 e. The van der Waals surface area contributed by atoms with E-state index in [0.717, 1.165) is 28.1 Å². The molecule has 7 heteroatoms. The minimum absolute atomic E-state index is 0.0957. The van der Waals surface area contributed by atoms with Crippen LogP contribution in [0.25, 0.3) is 17.1 Å². The van der Waals surface area contributed by atoms with Crippen LogP contribution in [0.5, 0.6) is 5.75 Å². The second-order valence-electron chi connectivity index (χ2n) is 7.33. The van der Waals surface area contributed by atoms with E-state index < -0.39 is 0 Å². The lowest BCUT2D eigenvalue weighted by Crippen LogP contribution is -2.15. The first-order chi connectivity index (χ1) is 15.6. The number of ether oxygens (including phenoxy) is 1. The van der Waals surface area contributed by atoms with Gasteiger partial charge >= 0.3 is 0 Å². The summed E-state index contributed by atoms with van der Waals surface area (Å²) < 4.78 is 7.50. The molecule has 0 bridgehead atoms. The molecule has 1 heterocycles. The molecule has 0 atom stereocenters. The molecule has 4 rings (SSSR count). The number of aromatic nitrogens is 3. The van der Waals surface area contributed by atoms with Crippen LogP contribution in [0.2, 0.25) is 0 Å². The molecule has 6 nitrogen and oxygen atoms in total. The van der Waals surface area contributed by atoms with Gasteiger partial charge in [-0.05, 0) is 49.7 Å². The van der Waals surface area contributed by atoms with Crippen LogP contribution in [0.3, 0.4) is 0 Å². The molecule has 0 aliphatic heterocycles. The van der Waals surface area contributed by atoms with Crippen LogP contribution in [0.15, 0.2) is 78.0 Å². The van der Waals surface area contributed by atoms with Crippen LogP contribution in [-0.4, -0.2) is 33.5 Å². The summed E-state index contributed by atoms with van der Waals surface area (Å²) in [4.78, 5) is 12.6. The molecule has 0 unspecified atom stereocenters. The molecule has 162 valence electrons. The lowest BCUT2D eigenvalue weighted by Gasteiger charge is -2.13. The van der Waals surface area contributed by atoms with E-state index in [4.69, 9.17) is 4.74 Å². The fourth-order valence-corrected chi connectivity index (χ4v) is 4.08. The Morgan fingerprint density at radius 3 is 2.44 bits per heavy atom. The minimum Gasteiger partial charge on any atom is -0.496 e. The number of hydrogen-bond acceptors (Lipinski definition) is 5. The normalized spacial score (nSPS) is 10.7. The van der Waals surface area contributed by atoms with Crippen molar-refractivity contribution in [2.75, 3.05) is 18.2 Å². The Bertz CT molecular complexity index is 1230. The van der Waals surface area contributed by atoms with E-state index in [0.29, 0.717) is 16.7 Å². The number of carbonyl (C=O) groups is 1. The molecular formula is C25H24N4O2S. The van der Waals surface area contributed by atoms with E-state index in [1.807, 2.05) is 91.2 Å². The number of benzene rings is 3. The first kappa shape index (κ1) is 21.6. The van der Waals surface area contributed by atoms with Crippen LogP contribution in [-0.2, 0) is 4.79 Å². The largest absolute Gasteiger partial charge is 0.496 e. The van der Waals surface area contributed by atoms with Crippen LogP contribution >= 0.6 is 11.8 Å². The predicted octanol–water partition coefficient (Wildman–Crippen LogP) is 5.29. The highest BCUT2D eigenvalue weighted by molar-refractivity contribution is 7.99. The van der Waals surface area contributed by atoms with Crippen LogP contribution < -0.4 is 10.1 Å². The fraction of sp³-hybridized carbons (Fsp3) is 0.160. The molecule has 4 aromatic rings. The maximum atomic E-state index is 12.6. The van der Waals surface area contributed by atoms with Crippen LogP contribution in [0.1, 0.15) is 11.1 Å². The van der Waals surface area contributed by atoms with Gasteiger partial charge in [-0.2, -0.15) is 0 Å². The number of nitrogens with zero attached hydrogens (tertiary/aromatic N) is 3. The highest BCUT2D eigenvalue weighted by Gasteiger charge is 2.19. The number of rotatable bonds is 7. The van der Waals surface area contributed by atoms with E-state index in [1.165, 1.54) is 11.8 Å². The summed E-state index contributed by atoms with van der Waals surface area (Å²) in [6.45, 7) is 4.01. The second-order valence-corrected chi connectivity index (χ2v) is 8.27. The number of methoxy groups -OCH3 is 1. The van der Waals surface area contributed by atoms with Gasteiger partial charge in [0, 0.05) is 11.4 Å². The number of thioether (sulfide) groups is 1. The van der Waals surface area contributed by atoms with Crippen LogP contribution in [0.4, 0.5) is 5.69 Å². The zero-order valence-corrected chi connectivity index (χ0v) is 19.0. The standard InChI is InChI=1S/C25H24N4O2S/c1-17-12-14-19(15-13-17)29-24(20-9-5-7-11-22(20)31-3)27-28-25(29)32-16-23(30)26-21-10-6-4-8-18(21)2/h4-15H,16H2,1-3H3,(H,26,30). The second kappa shape index (κ2) is 9.70. The average Bonchev–Trinajstić information content (AvgIpc) is 3.23. The molecule has 0 saturated carbocycles. The zero-order valence-electron chi connectivity index (χ0n) is 18.2. The molecule has 1 aromatic heterocycles. The van der Waals surface area contributed by atoms with E-state index >= 15 is 0 Å². The molecule has 3 aromatic carbocycles. The molecule has 0 saturated heterocycles. The third-order valence-electron chi connectivity index (χ3n) is 5.02. The highest BCUT2D eigenvalue weighted by atomic mass is 32.2. The molecule has 1 N–H and O–H groups in total. The Hall–Kier alpha value is -3.58. The summed E-state index contributed by atoms with van der Waals surface area (Å²) in [6, 6.07) is 23.6. The molecule has 32 heavy (non-hydrogen) atoms. The molecule has 0 fully saturated rings. The van der Waals surface area contributed by atoms with Crippen LogP contribution in [0, 0.1) is 13.8 Å². The summed E-state index contributed by atoms with van der Waals surface area (Å²) in [5, 5.41) is 12.5. The number of amides is 1. The third-order valence-corrected chi connectivity index (χ3v) is 5.95. The van der Waals surface area contributed by atoms with Gasteiger partial charge < -0.3 is 10.1 Å². The van der Waals surface area contributed by atoms with Gasteiger partial charge in [-0.1, -0.05) is 59.8 Å². The lowest BCUT2D eigenvalue weighted by atomic mass is 10.1. The molecule has 0 aliphatic rings. The van der Waals surface area contributed by atoms with Crippen molar-refractivity contribution < 1.29 is 9.53 Å². The predicted molar refractivity (Wildman–Crippen MR) is 129 cm³/mol. The Morgan fingerprint density at radius 2 is 1.69 bits per heavy atom. The van der Waals surface area contributed by atoms with Gasteiger partial charge in [0.2, 0.25) is 5.91 Å². The Labute approximate surface area is 191 Å². The summed E-state index contributed by atoms with van der Waals surface area (Å²) in [5.41, 5.74) is 4.75. The smallest absolute Gasteiger partial charge is 0.234 e. The van der Waals surface area contributed by atoms with Crippen molar-refractivity contribution in [3.63, 3.8) is 0 Å². The van der Waals surface area contributed by atoms with Gasteiger partial charge in [-0.15, -0.1) is 10.2 Å². The number of aryl methyl sites for hydroxylation is 2. The van der Waals surface area contributed by atoms with Crippen molar-refractivity contribution in [2.45, 2.75) is 19.0 Å². The molecular weight excluding hydrogens is 420 g/mol. The minimum atomic E-state index is -0.0957. The topological polar surface area (TPSA) is 69.0 Å². The molecule has 0 aliphatic carbocycles. The van der Waals surface area contributed by atoms with Gasteiger partial charge in [0.05, 0.1) is 18.4 Å². The van der Waals surface area contributed by atoms with Gasteiger partial charge in [0.15, 0.2) is 11.0 Å². The third kappa shape index (κ3) is 4.68. The average molecular weight is 445 g/mol. The number of carbonyl (C=O) groups excluding carboxylic acids is 1. The summed E-state index contributed by atoms with van der Waals surface area (Å²) in [5.74, 6) is 1.49. The maximum absolute atomic E-state index is 12.6. The van der Waals surface area contributed by atoms with Gasteiger partial charge in [0.1, 0.15) is 5.75 Å². The van der Waals surface area contributed by atoms with Crippen molar-refractivity contribution in [1.82, 2.24) is 14.8 Å². The summed E-state index contributed by atoms with van der Waals surface area (Å²) in [7, 11) is 1.64. The monoisotopic (exact) mass is 444 g/mol. The van der Waals surface area contributed by atoms with Crippen molar-refractivity contribution in [3.8, 4) is 22.8 Å². The fourth-order valence-electron chi connectivity index (χ4n) is 3.32. The molecule has 1 amide bonds. The number of hydrogen-bond donors (Lipinski definition) is 1. The zero-order chi connectivity index (χ0) is 22.5. The summed E-state index contributed by atoms with van der Waals surface area (Å²) in [6.07, 6.45) is 0. The van der Waals surface area contributed by atoms with Crippen molar-refractivity contribution in [3.05, 3.63) is 83.9 Å². The van der Waals surface area contributed by atoms with Gasteiger partial charge in [-0.25, -0.2) is 0 Å². The number of para-hydroxylation sites is 2. The Kier molecular flexibility index (Phi) is 6.56. The first-order valence-electron chi connectivity index (χ1n) is 10.2. The number of nitrogens with one attached hydrogen (secondary N) is 1. The quantitative estimate of drug-likeness (QED) is 0.392. The van der Waals surface area contributed by atoms with Crippen molar-refractivity contribution in [2.24, 2.45) is 0 Å². The van der Waals surface area contributed by atoms with Crippen molar-refractivity contribution in [1.29, 1.82) is 0 Å². The van der Waals surface area contributed by atoms with Gasteiger partial charge in [-0.3, -0.25) is 9.36 Å². The van der Waals surface area contributed by atoms with E-state index in [2.05, 4.69) is 15.5 Å². The summed E-state index contributed by atoms with van der Waals surface area (Å²) >= 11 is 1.34. The first-order valence-corrected chi connectivity index (χ1v) is 11.2. The van der Waals surface area contributed by atoms with E-state index in [1.54, 1.807) is 7.11 Å². The van der Waals surface area contributed by atoms with E-state index in [-0.39, 0.29) is 11.7 Å². The molecule has 0 spiro atoms. The lowest BCUT2D eigenvalue weighted by molar-refractivity contribution is -0.113. The highest BCUT2D eigenvalue weighted by Crippen LogP contribution is 2.33. The Balaban J connectivity index is 1.65. The number of anilines is 1.